The van der Waals surface area contributed by atoms with E-state index in [1.54, 1.807) is 6.92 Å². The number of likely N-dealkylation sites (N-methyl/N-ethyl adjacent to an activating group) is 1. The minimum atomic E-state index is -4.50. The number of hydrogen-bond donors (Lipinski definition) is 1. The number of fused-ring (bicyclic) bond motifs is 2. The fourth-order valence-electron chi connectivity index (χ4n) is 3.14. The van der Waals surface area contributed by atoms with Crippen LogP contribution in [-0.2, 0) is 19.1 Å². The fraction of sp³-hybridized carbons (Fsp3) is 0.353. The second-order valence-corrected chi connectivity index (χ2v) is 7.60. The maximum Gasteiger partial charge on any atom is 0.417 e. The van der Waals surface area contributed by atoms with Gasteiger partial charge in [0.1, 0.15) is 11.3 Å². The van der Waals surface area contributed by atoms with Crippen molar-refractivity contribution in [1.82, 2.24) is 19.3 Å². The average Bonchev–Trinajstić information content (AvgIpc) is 3.11. The van der Waals surface area contributed by atoms with Crippen LogP contribution < -0.4 is 5.32 Å². The highest BCUT2D eigenvalue weighted by molar-refractivity contribution is 7.15. The molecule has 0 bridgehead atoms. The number of carbonyl (C=O) groups is 1. The number of carbonyl (C=O) groups excluding carboxylic acids is 1. The third-order valence-electron chi connectivity index (χ3n) is 4.48. The summed E-state index contributed by atoms with van der Waals surface area (Å²) in [5, 5.41) is 3.16. The van der Waals surface area contributed by atoms with E-state index >= 15 is 0 Å². The topological polar surface area (TPSA) is 62.5 Å². The highest BCUT2D eigenvalue weighted by Crippen LogP contribution is 2.31. The molecule has 0 atom stereocenters. The third-order valence-corrected chi connectivity index (χ3v) is 5.48. The minimum absolute atomic E-state index is 0.0707. The quantitative estimate of drug-likeness (QED) is 0.723. The Kier molecular flexibility index (Phi) is 4.19. The Labute approximate surface area is 156 Å². The molecule has 3 aromatic rings. The molecule has 0 radical (unpaired) electrons. The van der Waals surface area contributed by atoms with Crippen LogP contribution in [0, 0.1) is 6.92 Å². The maximum absolute atomic E-state index is 13.0. The molecule has 27 heavy (non-hydrogen) atoms. The predicted molar refractivity (Wildman–Crippen MR) is 95.0 cm³/mol. The molecule has 142 valence electrons. The first-order valence-corrected chi connectivity index (χ1v) is 9.08. The summed E-state index contributed by atoms with van der Waals surface area (Å²) < 4.78 is 40.2. The van der Waals surface area contributed by atoms with Gasteiger partial charge in [-0.05, 0) is 26.1 Å². The van der Waals surface area contributed by atoms with Crippen LogP contribution >= 0.6 is 11.3 Å². The molecule has 0 fully saturated rings. The zero-order valence-electron chi connectivity index (χ0n) is 14.6. The Morgan fingerprint density at radius 1 is 1.30 bits per heavy atom. The molecule has 4 rings (SSSR count). The first-order chi connectivity index (χ1) is 12.7. The van der Waals surface area contributed by atoms with Gasteiger partial charge in [0.25, 0.3) is 5.91 Å². The van der Waals surface area contributed by atoms with E-state index in [1.807, 2.05) is 7.05 Å². The number of nitrogens with one attached hydrogen (secondary N) is 1. The summed E-state index contributed by atoms with van der Waals surface area (Å²) in [7, 11) is 2.01. The van der Waals surface area contributed by atoms with Crippen molar-refractivity contribution in [1.29, 1.82) is 0 Å². The monoisotopic (exact) mass is 395 g/mol. The zero-order valence-corrected chi connectivity index (χ0v) is 15.4. The Balaban J connectivity index is 1.67. The molecule has 10 heteroatoms. The summed E-state index contributed by atoms with van der Waals surface area (Å²) in [6, 6.07) is 2.21. The minimum Gasteiger partial charge on any atom is -0.301 e. The number of rotatable bonds is 2. The Bertz CT molecular complexity index is 1040. The van der Waals surface area contributed by atoms with E-state index in [-0.39, 0.29) is 11.3 Å². The summed E-state index contributed by atoms with van der Waals surface area (Å²) in [4.78, 5) is 24.6. The molecule has 0 saturated carbocycles. The van der Waals surface area contributed by atoms with Gasteiger partial charge < -0.3 is 4.90 Å². The van der Waals surface area contributed by atoms with E-state index in [4.69, 9.17) is 0 Å². The van der Waals surface area contributed by atoms with Crippen LogP contribution in [0.3, 0.4) is 0 Å². The van der Waals surface area contributed by atoms with Crippen LogP contribution in [0.25, 0.3) is 5.65 Å². The van der Waals surface area contributed by atoms with E-state index in [1.165, 1.54) is 21.8 Å². The molecule has 0 aromatic carbocycles. The zero-order chi connectivity index (χ0) is 19.3. The van der Waals surface area contributed by atoms with Crippen LogP contribution in [-0.4, -0.2) is 38.8 Å². The van der Waals surface area contributed by atoms with Crippen molar-refractivity contribution in [2.75, 3.05) is 18.9 Å². The number of aryl methyl sites for hydroxylation is 1. The van der Waals surface area contributed by atoms with Crippen molar-refractivity contribution in [3.05, 3.63) is 45.9 Å². The number of pyridine rings is 1. The second-order valence-electron chi connectivity index (χ2n) is 6.52. The molecule has 1 N–H and O–H groups in total. The summed E-state index contributed by atoms with van der Waals surface area (Å²) in [6.07, 6.45) is -2.80. The van der Waals surface area contributed by atoms with Gasteiger partial charge in [-0.2, -0.15) is 13.2 Å². The van der Waals surface area contributed by atoms with Crippen LogP contribution in [0.5, 0.6) is 0 Å². The SMILES string of the molecule is Cc1nc2ccc(C(F)(F)F)cn2c1C(=O)Nc1nc2c(s1)CN(C)CC2. The number of imidazole rings is 1. The number of hydrogen-bond acceptors (Lipinski definition) is 5. The second kappa shape index (κ2) is 6.31. The number of thiazole rings is 1. The van der Waals surface area contributed by atoms with Crippen LogP contribution in [0.1, 0.15) is 32.3 Å². The average molecular weight is 395 g/mol. The standard InChI is InChI=1S/C17H16F3N5OS/c1-9-14(25-7-10(17(18,19)20)3-4-13(25)21-9)15(26)23-16-22-11-5-6-24(2)8-12(11)27-16/h3-4,7H,5-6,8H2,1-2H3,(H,22,23,26). The lowest BCUT2D eigenvalue weighted by atomic mass is 10.2. The first-order valence-electron chi connectivity index (χ1n) is 8.27. The molecule has 0 unspecified atom stereocenters. The number of halogens is 3. The predicted octanol–water partition coefficient (Wildman–Crippen LogP) is 3.36. The van der Waals surface area contributed by atoms with Gasteiger partial charge >= 0.3 is 6.18 Å². The molecular weight excluding hydrogens is 379 g/mol. The molecule has 0 spiro atoms. The molecule has 1 aliphatic heterocycles. The van der Waals surface area contributed by atoms with Crippen LogP contribution in [0.4, 0.5) is 18.3 Å². The Hall–Kier alpha value is -2.46. The Morgan fingerprint density at radius 3 is 2.81 bits per heavy atom. The van der Waals surface area contributed by atoms with Crippen molar-refractivity contribution in [2.45, 2.75) is 26.1 Å². The van der Waals surface area contributed by atoms with Crippen molar-refractivity contribution in [3.8, 4) is 0 Å². The van der Waals surface area contributed by atoms with Crippen molar-refractivity contribution < 1.29 is 18.0 Å². The van der Waals surface area contributed by atoms with Crippen molar-refractivity contribution >= 4 is 28.0 Å². The van der Waals surface area contributed by atoms with Gasteiger partial charge in [-0.1, -0.05) is 0 Å². The van der Waals surface area contributed by atoms with Gasteiger partial charge in [0.15, 0.2) is 5.13 Å². The molecule has 6 nitrogen and oxygen atoms in total. The van der Waals surface area contributed by atoms with E-state index in [9.17, 15) is 18.0 Å². The molecule has 4 heterocycles. The maximum atomic E-state index is 13.0. The number of alkyl halides is 3. The number of nitrogens with zero attached hydrogens (tertiary/aromatic N) is 4. The largest absolute Gasteiger partial charge is 0.417 e. The highest BCUT2D eigenvalue weighted by atomic mass is 32.1. The normalized spacial score (nSPS) is 15.1. The lowest BCUT2D eigenvalue weighted by Crippen LogP contribution is -2.25. The van der Waals surface area contributed by atoms with Crippen LogP contribution in [0.15, 0.2) is 18.3 Å². The molecule has 1 aliphatic rings. The smallest absolute Gasteiger partial charge is 0.301 e. The summed E-state index contributed by atoms with van der Waals surface area (Å²) in [5.74, 6) is -0.529. The van der Waals surface area contributed by atoms with Crippen LogP contribution in [0.2, 0.25) is 0 Å². The summed E-state index contributed by atoms with van der Waals surface area (Å²) in [5.41, 5.74) is 0.830. The van der Waals surface area contributed by atoms with E-state index in [0.29, 0.717) is 10.8 Å². The fourth-order valence-corrected chi connectivity index (χ4v) is 4.22. The van der Waals surface area contributed by atoms with Gasteiger partial charge in [-0.3, -0.25) is 14.5 Å². The molecule has 1 amide bonds. The highest BCUT2D eigenvalue weighted by Gasteiger charge is 2.32. The van der Waals surface area contributed by atoms with E-state index in [2.05, 4.69) is 20.2 Å². The lowest BCUT2D eigenvalue weighted by Gasteiger charge is -2.20. The third kappa shape index (κ3) is 3.30. The number of amides is 1. The molecule has 0 saturated heterocycles. The Morgan fingerprint density at radius 2 is 2.07 bits per heavy atom. The summed E-state index contributed by atoms with van der Waals surface area (Å²) in [6.45, 7) is 3.26. The van der Waals surface area contributed by atoms with E-state index in [0.717, 1.165) is 42.3 Å². The molecular formula is C17H16F3N5OS. The first kappa shape index (κ1) is 17.9. The molecule has 3 aromatic heterocycles. The van der Waals surface area contributed by atoms with Gasteiger partial charge in [-0.15, -0.1) is 11.3 Å². The number of aromatic nitrogens is 3. The number of anilines is 1. The van der Waals surface area contributed by atoms with Gasteiger partial charge in [0, 0.05) is 30.6 Å². The van der Waals surface area contributed by atoms with Gasteiger partial charge in [-0.25, -0.2) is 9.97 Å². The van der Waals surface area contributed by atoms with Crippen molar-refractivity contribution in [3.63, 3.8) is 0 Å². The summed E-state index contributed by atoms with van der Waals surface area (Å²) >= 11 is 1.39. The lowest BCUT2D eigenvalue weighted by molar-refractivity contribution is -0.137. The van der Waals surface area contributed by atoms with Gasteiger partial charge in [0.2, 0.25) is 0 Å². The molecule has 0 aliphatic carbocycles. The van der Waals surface area contributed by atoms with Gasteiger partial charge in [0.05, 0.1) is 17.0 Å². The van der Waals surface area contributed by atoms with E-state index < -0.39 is 17.6 Å². The van der Waals surface area contributed by atoms with Crippen molar-refractivity contribution in [2.24, 2.45) is 0 Å².